The van der Waals surface area contributed by atoms with E-state index in [1.54, 1.807) is 0 Å². The standard InChI is InChI=1S/C21H25N3O2S/c25-16-8-10-24(14-16)21-7-6-17(27(26)11-3-9-22-27)13-18(21)20-12-15-4-1-2-5-19(15)23-20/h1-2,4-7,12-13,16,23,25,27H,3,8-11,14H2,(H,22,26)/t16-/m0/s1. The first-order valence-corrected chi connectivity index (χ1v) is 11.5. The first kappa shape index (κ1) is 17.0. The second kappa shape index (κ2) is 6.48. The summed E-state index contributed by atoms with van der Waals surface area (Å²) in [5, 5.41) is 11.2. The van der Waals surface area contributed by atoms with Crippen LogP contribution in [0.25, 0.3) is 22.2 Å². The van der Waals surface area contributed by atoms with Crippen LogP contribution in [0.5, 0.6) is 0 Å². The Kier molecular flexibility index (Phi) is 4.07. The molecular formula is C21H25N3O2S. The average Bonchev–Trinajstić information content (AvgIpc) is 3.41. The molecule has 5 rings (SSSR count). The van der Waals surface area contributed by atoms with Gasteiger partial charge in [-0.1, -0.05) is 18.2 Å². The maximum Gasteiger partial charge on any atom is 0.0731 e. The molecule has 0 unspecified atom stereocenters. The van der Waals surface area contributed by atoms with Crippen molar-refractivity contribution in [3.05, 3.63) is 48.5 Å². The lowest BCUT2D eigenvalue weighted by atomic mass is 10.1. The molecule has 5 nitrogen and oxygen atoms in total. The molecule has 0 spiro atoms. The highest BCUT2D eigenvalue weighted by Crippen LogP contribution is 2.37. The molecule has 2 aromatic carbocycles. The number of benzene rings is 2. The van der Waals surface area contributed by atoms with Gasteiger partial charge in [0.15, 0.2) is 0 Å². The molecule has 0 amide bonds. The molecule has 2 aliphatic heterocycles. The Labute approximate surface area is 160 Å². The minimum Gasteiger partial charge on any atom is -0.391 e. The minimum atomic E-state index is -2.50. The van der Waals surface area contributed by atoms with Gasteiger partial charge < -0.3 is 15.0 Å². The molecule has 1 aromatic heterocycles. The number of anilines is 1. The number of para-hydroxylation sites is 1. The number of aliphatic hydroxyl groups excluding tert-OH is 1. The number of aromatic nitrogens is 1. The van der Waals surface area contributed by atoms with E-state index in [1.165, 1.54) is 0 Å². The molecule has 0 bridgehead atoms. The first-order valence-electron chi connectivity index (χ1n) is 9.62. The molecule has 3 aromatic rings. The van der Waals surface area contributed by atoms with Crippen molar-refractivity contribution in [3.8, 4) is 11.3 Å². The summed E-state index contributed by atoms with van der Waals surface area (Å²) in [4.78, 5) is 6.65. The number of thiol groups is 1. The van der Waals surface area contributed by atoms with Crippen LogP contribution in [0.2, 0.25) is 0 Å². The van der Waals surface area contributed by atoms with E-state index in [4.69, 9.17) is 0 Å². The smallest absolute Gasteiger partial charge is 0.0731 e. The van der Waals surface area contributed by atoms with Gasteiger partial charge in [-0.05, 0) is 53.3 Å². The van der Waals surface area contributed by atoms with Crippen molar-refractivity contribution in [1.82, 2.24) is 9.71 Å². The summed E-state index contributed by atoms with van der Waals surface area (Å²) < 4.78 is 16.5. The number of hydrogen-bond donors (Lipinski definition) is 4. The molecule has 27 heavy (non-hydrogen) atoms. The van der Waals surface area contributed by atoms with Gasteiger partial charge in [-0.3, -0.25) is 8.93 Å². The first-order chi connectivity index (χ1) is 13.1. The van der Waals surface area contributed by atoms with E-state index in [9.17, 15) is 9.32 Å². The van der Waals surface area contributed by atoms with Crippen molar-refractivity contribution in [2.75, 3.05) is 30.3 Å². The third-order valence-corrected chi connectivity index (χ3v) is 8.53. The van der Waals surface area contributed by atoms with E-state index >= 15 is 0 Å². The van der Waals surface area contributed by atoms with Gasteiger partial charge >= 0.3 is 0 Å². The molecule has 0 aliphatic carbocycles. The third kappa shape index (κ3) is 2.98. The quantitative estimate of drug-likeness (QED) is 0.526. The van der Waals surface area contributed by atoms with E-state index in [0.29, 0.717) is 6.54 Å². The van der Waals surface area contributed by atoms with Crippen molar-refractivity contribution in [1.29, 1.82) is 0 Å². The predicted molar refractivity (Wildman–Crippen MR) is 112 cm³/mol. The van der Waals surface area contributed by atoms with Crippen LogP contribution < -0.4 is 9.62 Å². The average molecular weight is 384 g/mol. The van der Waals surface area contributed by atoms with E-state index < -0.39 is 10.1 Å². The van der Waals surface area contributed by atoms with Crippen LogP contribution in [-0.2, 0) is 10.1 Å². The Balaban J connectivity index is 1.66. The number of H-pyrrole nitrogens is 1. The summed E-state index contributed by atoms with van der Waals surface area (Å²) in [6.07, 6.45) is 1.46. The number of aromatic amines is 1. The van der Waals surface area contributed by atoms with Crippen LogP contribution in [0.15, 0.2) is 53.4 Å². The Morgan fingerprint density at radius 3 is 2.78 bits per heavy atom. The topological polar surface area (TPSA) is 68.4 Å². The van der Waals surface area contributed by atoms with Crippen molar-refractivity contribution in [3.63, 3.8) is 0 Å². The molecule has 142 valence electrons. The Hall–Kier alpha value is -2.15. The van der Waals surface area contributed by atoms with Crippen LogP contribution in [0.1, 0.15) is 12.8 Å². The van der Waals surface area contributed by atoms with Crippen molar-refractivity contribution in [2.45, 2.75) is 23.8 Å². The number of nitrogens with one attached hydrogen (secondary N) is 2. The molecular weight excluding hydrogens is 358 g/mol. The zero-order valence-corrected chi connectivity index (χ0v) is 16.1. The molecule has 2 saturated heterocycles. The second-order valence-electron chi connectivity index (χ2n) is 7.59. The van der Waals surface area contributed by atoms with Crippen LogP contribution in [0.3, 0.4) is 0 Å². The summed E-state index contributed by atoms with van der Waals surface area (Å²) in [7, 11) is -2.50. The van der Waals surface area contributed by atoms with Gasteiger partial charge in [0.05, 0.1) is 6.10 Å². The summed E-state index contributed by atoms with van der Waals surface area (Å²) in [5.41, 5.74) is 4.27. The van der Waals surface area contributed by atoms with E-state index in [2.05, 4.69) is 44.9 Å². The fourth-order valence-corrected chi connectivity index (χ4v) is 6.65. The fraction of sp³-hybridized carbons (Fsp3) is 0.333. The molecule has 2 aliphatic rings. The third-order valence-electron chi connectivity index (χ3n) is 5.74. The molecule has 0 radical (unpaired) electrons. The van der Waals surface area contributed by atoms with Crippen molar-refractivity contribution >= 4 is 26.7 Å². The zero-order valence-electron chi connectivity index (χ0n) is 15.2. The van der Waals surface area contributed by atoms with Gasteiger partial charge in [0.2, 0.25) is 0 Å². The number of β-amino-alcohol motifs (C(OH)–C–C–N with tert-alkyl or cyclic N) is 1. The van der Waals surface area contributed by atoms with Crippen LogP contribution in [0.4, 0.5) is 5.69 Å². The summed E-state index contributed by atoms with van der Waals surface area (Å²) in [6, 6.07) is 16.6. The maximum atomic E-state index is 13.3. The van der Waals surface area contributed by atoms with Crippen LogP contribution in [-0.4, -0.2) is 45.8 Å². The molecule has 1 atom stereocenters. The molecule has 2 fully saturated rings. The number of fused-ring (bicyclic) bond motifs is 1. The van der Waals surface area contributed by atoms with Gasteiger partial charge in [-0.15, -0.1) is 0 Å². The zero-order chi connectivity index (χ0) is 18.4. The van der Waals surface area contributed by atoms with Crippen molar-refractivity contribution < 1.29 is 9.32 Å². The fourth-order valence-electron chi connectivity index (χ4n) is 4.28. The van der Waals surface area contributed by atoms with Crippen molar-refractivity contribution in [2.24, 2.45) is 0 Å². The van der Waals surface area contributed by atoms with E-state index in [-0.39, 0.29) is 6.10 Å². The second-order valence-corrected chi connectivity index (χ2v) is 10.3. The maximum absolute atomic E-state index is 13.3. The lowest BCUT2D eigenvalue weighted by Gasteiger charge is -2.25. The number of hydrogen-bond acceptors (Lipinski definition) is 3. The highest BCUT2D eigenvalue weighted by Gasteiger charge is 2.27. The lowest BCUT2D eigenvalue weighted by molar-refractivity contribution is 0.198. The van der Waals surface area contributed by atoms with Gasteiger partial charge in [-0.25, -0.2) is 0 Å². The minimum absolute atomic E-state index is 0.282. The SMILES string of the molecule is O=[SH]1(c2ccc(N3CC[C@H](O)C3)c(-c3cc4ccccc4[nH]3)c2)CCCN1. The number of nitrogens with zero attached hydrogens (tertiary/aromatic N) is 1. The van der Waals surface area contributed by atoms with Gasteiger partial charge in [0.25, 0.3) is 0 Å². The monoisotopic (exact) mass is 383 g/mol. The summed E-state index contributed by atoms with van der Waals surface area (Å²) >= 11 is 0. The van der Waals surface area contributed by atoms with Gasteiger partial charge in [-0.2, -0.15) is 0 Å². The van der Waals surface area contributed by atoms with E-state index in [0.717, 1.165) is 64.4 Å². The molecule has 3 N–H and O–H groups in total. The lowest BCUT2D eigenvalue weighted by Crippen LogP contribution is -2.27. The largest absolute Gasteiger partial charge is 0.391 e. The molecule has 6 heteroatoms. The molecule has 3 heterocycles. The highest BCUT2D eigenvalue weighted by atomic mass is 32.3. The highest BCUT2D eigenvalue weighted by molar-refractivity contribution is 8.01. The summed E-state index contributed by atoms with van der Waals surface area (Å²) in [5.74, 6) is 0.723. The van der Waals surface area contributed by atoms with Crippen LogP contribution >= 0.6 is 0 Å². The number of aliphatic hydroxyl groups is 1. The van der Waals surface area contributed by atoms with Gasteiger partial charge in [0.1, 0.15) is 0 Å². The van der Waals surface area contributed by atoms with Gasteiger partial charge in [0, 0.05) is 58.1 Å². The number of rotatable bonds is 3. The molecule has 0 saturated carbocycles. The Bertz CT molecular complexity index is 1000. The van der Waals surface area contributed by atoms with E-state index in [1.807, 2.05) is 18.2 Å². The normalized spacial score (nSPS) is 23.1. The van der Waals surface area contributed by atoms with Crippen LogP contribution in [0, 0.1) is 0 Å². The Morgan fingerprint density at radius 2 is 2.04 bits per heavy atom. The predicted octanol–water partition coefficient (Wildman–Crippen LogP) is 2.69. The summed E-state index contributed by atoms with van der Waals surface area (Å²) in [6.45, 7) is 2.30. The Morgan fingerprint density at radius 1 is 1.15 bits per heavy atom.